The molecular weight excluding hydrogens is 384 g/mol. The van der Waals surface area contributed by atoms with Crippen molar-refractivity contribution in [3.05, 3.63) is 34.9 Å². The number of hydrogen-bond donors (Lipinski definition) is 2. The van der Waals surface area contributed by atoms with Crippen LogP contribution in [0.3, 0.4) is 0 Å². The van der Waals surface area contributed by atoms with E-state index in [0.717, 1.165) is 25.9 Å². The summed E-state index contributed by atoms with van der Waals surface area (Å²) >= 11 is 0. The largest absolute Gasteiger partial charge is 0.417 e. The molecule has 0 unspecified atom stereocenters. The molecule has 0 spiro atoms. The van der Waals surface area contributed by atoms with Crippen LogP contribution in [0.4, 0.5) is 17.5 Å². The van der Waals surface area contributed by atoms with Gasteiger partial charge in [0.2, 0.25) is 5.95 Å². The second kappa shape index (κ2) is 6.82. The van der Waals surface area contributed by atoms with Gasteiger partial charge in [-0.25, -0.2) is 18.2 Å². The Morgan fingerprint density at radius 1 is 1.25 bits per heavy atom. The molecule has 2 N–H and O–H groups in total. The third-order valence-electron chi connectivity index (χ3n) is 4.51. The molecule has 148 valence electrons. The van der Waals surface area contributed by atoms with Crippen molar-refractivity contribution in [1.82, 2.24) is 15.0 Å². The predicted octanol–water partition coefficient (Wildman–Crippen LogP) is 1.38. The van der Waals surface area contributed by atoms with Gasteiger partial charge in [0.1, 0.15) is 5.69 Å². The number of nitrogens with one attached hydrogen (secondary N) is 2. The molecule has 1 aromatic carbocycles. The van der Waals surface area contributed by atoms with E-state index in [2.05, 4.69) is 24.6 Å². The van der Waals surface area contributed by atoms with Crippen LogP contribution in [0.15, 0.2) is 38.5 Å². The number of anilines is 3. The van der Waals surface area contributed by atoms with Crippen LogP contribution in [0.2, 0.25) is 0 Å². The molecule has 3 aromatic rings. The number of benzene rings is 1. The monoisotopic (exact) mass is 404 g/mol. The summed E-state index contributed by atoms with van der Waals surface area (Å²) in [7, 11) is -0.342. The number of aromatic nitrogens is 3. The topological polar surface area (TPSA) is 124 Å². The minimum Gasteiger partial charge on any atom is -0.408 e. The van der Waals surface area contributed by atoms with Crippen molar-refractivity contribution >= 4 is 38.6 Å². The van der Waals surface area contributed by atoms with Gasteiger partial charge in [0.25, 0.3) is 10.0 Å². The van der Waals surface area contributed by atoms with Gasteiger partial charge >= 0.3 is 5.76 Å². The maximum absolute atomic E-state index is 12.8. The fraction of sp³-hybridized carbons (Fsp3) is 0.353. The fourth-order valence-corrected chi connectivity index (χ4v) is 4.22. The van der Waals surface area contributed by atoms with Crippen LogP contribution >= 0.6 is 0 Å². The highest BCUT2D eigenvalue weighted by molar-refractivity contribution is 7.92. The smallest absolute Gasteiger partial charge is 0.408 e. The average Bonchev–Trinajstić information content (AvgIpc) is 3.29. The summed E-state index contributed by atoms with van der Waals surface area (Å²) in [5.41, 5.74) is 0.867. The molecule has 1 fully saturated rings. The van der Waals surface area contributed by atoms with Crippen molar-refractivity contribution in [1.29, 1.82) is 0 Å². The number of H-pyrrole nitrogens is 1. The summed E-state index contributed by atoms with van der Waals surface area (Å²) in [6.45, 7) is 1.78. The van der Waals surface area contributed by atoms with Crippen LogP contribution < -0.4 is 20.3 Å². The number of hydrogen-bond acceptors (Lipinski definition) is 8. The number of aromatic amines is 1. The first kappa shape index (κ1) is 18.3. The minimum absolute atomic E-state index is 0.00891. The molecule has 11 heteroatoms. The van der Waals surface area contributed by atoms with Gasteiger partial charge in [0.15, 0.2) is 11.4 Å². The van der Waals surface area contributed by atoms with Gasteiger partial charge in [-0.3, -0.25) is 9.71 Å². The van der Waals surface area contributed by atoms with Crippen LogP contribution in [-0.2, 0) is 10.0 Å². The van der Waals surface area contributed by atoms with E-state index in [1.54, 1.807) is 19.0 Å². The van der Waals surface area contributed by atoms with E-state index in [0.29, 0.717) is 17.3 Å². The second-order valence-electron chi connectivity index (χ2n) is 6.77. The molecule has 0 radical (unpaired) electrons. The lowest BCUT2D eigenvalue weighted by molar-refractivity contribution is 0.555. The highest BCUT2D eigenvalue weighted by Crippen LogP contribution is 2.28. The number of rotatable bonds is 5. The zero-order valence-corrected chi connectivity index (χ0v) is 16.3. The summed E-state index contributed by atoms with van der Waals surface area (Å²) in [6, 6.07) is 4.15. The van der Waals surface area contributed by atoms with Crippen LogP contribution in [-0.4, -0.2) is 50.6 Å². The van der Waals surface area contributed by atoms with Gasteiger partial charge in [-0.1, -0.05) is 0 Å². The molecule has 0 aliphatic carbocycles. The number of oxazole rings is 1. The lowest BCUT2D eigenvalue weighted by Crippen LogP contribution is -2.24. The van der Waals surface area contributed by atoms with Crippen molar-refractivity contribution in [2.45, 2.75) is 17.7 Å². The molecule has 0 bridgehead atoms. The molecule has 0 atom stereocenters. The van der Waals surface area contributed by atoms with Gasteiger partial charge in [0.05, 0.1) is 16.6 Å². The van der Waals surface area contributed by atoms with Gasteiger partial charge in [0, 0.05) is 27.2 Å². The molecule has 2 aromatic heterocycles. The quantitative estimate of drug-likeness (QED) is 0.653. The zero-order valence-electron chi connectivity index (χ0n) is 15.5. The highest BCUT2D eigenvalue weighted by Gasteiger charge is 2.22. The van der Waals surface area contributed by atoms with Crippen LogP contribution in [0.1, 0.15) is 12.8 Å². The van der Waals surface area contributed by atoms with E-state index in [-0.39, 0.29) is 16.2 Å². The lowest BCUT2D eigenvalue weighted by atomic mass is 10.3. The molecule has 0 amide bonds. The molecule has 3 heterocycles. The summed E-state index contributed by atoms with van der Waals surface area (Å²) < 4.78 is 33.1. The van der Waals surface area contributed by atoms with Gasteiger partial charge in [-0.05, 0) is 31.0 Å². The van der Waals surface area contributed by atoms with Crippen molar-refractivity contribution in [2.24, 2.45) is 0 Å². The van der Waals surface area contributed by atoms with E-state index in [9.17, 15) is 13.2 Å². The van der Waals surface area contributed by atoms with Gasteiger partial charge in [-0.15, -0.1) is 0 Å². The Morgan fingerprint density at radius 2 is 2.00 bits per heavy atom. The molecule has 10 nitrogen and oxygen atoms in total. The van der Waals surface area contributed by atoms with Gasteiger partial charge in [-0.2, -0.15) is 4.98 Å². The predicted molar refractivity (Wildman–Crippen MR) is 105 cm³/mol. The van der Waals surface area contributed by atoms with Crippen LogP contribution in [0.5, 0.6) is 0 Å². The number of sulfonamides is 1. The maximum atomic E-state index is 12.8. The first-order chi connectivity index (χ1) is 13.3. The summed E-state index contributed by atoms with van der Waals surface area (Å²) in [6.07, 6.45) is 3.66. The summed E-state index contributed by atoms with van der Waals surface area (Å²) in [5.74, 6) is 0.415. The van der Waals surface area contributed by atoms with E-state index in [4.69, 9.17) is 4.42 Å². The number of fused-ring (bicyclic) bond motifs is 1. The maximum Gasteiger partial charge on any atom is 0.417 e. The van der Waals surface area contributed by atoms with Crippen LogP contribution in [0.25, 0.3) is 11.1 Å². The molecule has 1 aliphatic heterocycles. The standard InChI is InChI=1S/C17H20N6O4S/c1-22(2)15-13(10-18-16(20-15)23-7-3-4-8-23)21-28(25,26)11-5-6-14-12(9-11)19-17(24)27-14/h5-6,9-10,21H,3-4,7-8H2,1-2H3,(H,19,24). The third kappa shape index (κ3) is 3.40. The van der Waals surface area contributed by atoms with E-state index in [1.807, 2.05) is 0 Å². The molecule has 1 saturated heterocycles. The first-order valence-electron chi connectivity index (χ1n) is 8.78. The molecular formula is C17H20N6O4S. The fourth-order valence-electron chi connectivity index (χ4n) is 3.15. The van der Waals surface area contributed by atoms with Gasteiger partial charge < -0.3 is 14.2 Å². The van der Waals surface area contributed by atoms with Crippen LogP contribution in [0, 0.1) is 0 Å². The van der Waals surface area contributed by atoms with Crippen molar-refractivity contribution in [3.63, 3.8) is 0 Å². The first-order valence-corrected chi connectivity index (χ1v) is 10.3. The summed E-state index contributed by atoms with van der Waals surface area (Å²) in [5, 5.41) is 0. The van der Waals surface area contributed by atoms with Crippen molar-refractivity contribution in [2.75, 3.05) is 41.7 Å². The average molecular weight is 404 g/mol. The SMILES string of the molecule is CN(C)c1nc(N2CCCC2)ncc1NS(=O)(=O)c1ccc2oc(=O)[nH]c2c1. The van der Waals surface area contributed by atoms with Crippen molar-refractivity contribution < 1.29 is 12.8 Å². The molecule has 1 aliphatic rings. The Kier molecular flexibility index (Phi) is 4.46. The summed E-state index contributed by atoms with van der Waals surface area (Å²) in [4.78, 5) is 26.4. The Bertz CT molecular complexity index is 1180. The normalized spacial score (nSPS) is 14.6. The highest BCUT2D eigenvalue weighted by atomic mass is 32.2. The third-order valence-corrected chi connectivity index (χ3v) is 5.88. The molecule has 4 rings (SSSR count). The van der Waals surface area contributed by atoms with E-state index in [1.165, 1.54) is 24.4 Å². The number of nitrogens with zero attached hydrogens (tertiary/aromatic N) is 4. The Hall–Kier alpha value is -3.08. The Balaban J connectivity index is 1.68. The lowest BCUT2D eigenvalue weighted by Gasteiger charge is -2.21. The Labute approximate surface area is 161 Å². The van der Waals surface area contributed by atoms with Crippen molar-refractivity contribution in [3.8, 4) is 0 Å². The Morgan fingerprint density at radius 3 is 2.71 bits per heavy atom. The zero-order chi connectivity index (χ0) is 19.9. The molecule has 0 saturated carbocycles. The molecule has 28 heavy (non-hydrogen) atoms. The second-order valence-corrected chi connectivity index (χ2v) is 8.46. The minimum atomic E-state index is -3.92. The van der Waals surface area contributed by atoms with E-state index < -0.39 is 15.8 Å². The van der Waals surface area contributed by atoms with E-state index >= 15 is 0 Å².